The fourth-order valence-electron chi connectivity index (χ4n) is 2.79. The van der Waals surface area contributed by atoms with Gasteiger partial charge in [0.25, 0.3) is 0 Å². The zero-order valence-corrected chi connectivity index (χ0v) is 20.5. The van der Waals surface area contributed by atoms with Gasteiger partial charge in [-0.2, -0.15) is 0 Å². The predicted molar refractivity (Wildman–Crippen MR) is 132 cm³/mol. The van der Waals surface area contributed by atoms with Crippen LogP contribution in [0.4, 0.5) is 5.69 Å². The average molecular weight is 496 g/mol. The van der Waals surface area contributed by atoms with Gasteiger partial charge in [0.2, 0.25) is 0 Å². The van der Waals surface area contributed by atoms with Crippen LogP contribution in [-0.4, -0.2) is 29.8 Å². The van der Waals surface area contributed by atoms with Crippen molar-refractivity contribution in [3.63, 3.8) is 0 Å². The van der Waals surface area contributed by atoms with Gasteiger partial charge in [-0.15, -0.1) is 0 Å². The molecule has 3 aromatic rings. The van der Waals surface area contributed by atoms with Crippen LogP contribution in [0.25, 0.3) is 0 Å². The number of nitrogens with zero attached hydrogens (tertiary/aromatic N) is 3. The topological polar surface area (TPSA) is 48.8 Å². The van der Waals surface area contributed by atoms with Crippen molar-refractivity contribution in [2.45, 2.75) is 32.7 Å². The van der Waals surface area contributed by atoms with Gasteiger partial charge in [0, 0.05) is 43.8 Å². The normalized spacial score (nSPS) is 10.8. The molecule has 172 valence electrons. The number of hydrogen-bond donors (Lipinski definition) is 0. The number of aromatic nitrogens is 2. The number of benzene rings is 2. The lowest BCUT2D eigenvalue weighted by molar-refractivity contribution is 0.302. The summed E-state index contributed by atoms with van der Waals surface area (Å²) in [5.74, 6) is 1.88. The summed E-state index contributed by atoms with van der Waals surface area (Å²) in [6.45, 7) is 4.21. The maximum Gasteiger partial charge on any atom is 0.179 e. The minimum absolute atomic E-state index is 0.432. The van der Waals surface area contributed by atoms with E-state index in [0.29, 0.717) is 34.8 Å². The lowest BCUT2D eigenvalue weighted by atomic mass is 10.3. The Kier molecular flexibility index (Phi) is 9.71. The monoisotopic (exact) mass is 495 g/mol. The molecule has 1 heterocycles. The van der Waals surface area contributed by atoms with Crippen molar-refractivity contribution in [2.24, 2.45) is 0 Å². The second-order valence-electron chi connectivity index (χ2n) is 7.07. The number of anilines is 1. The highest BCUT2D eigenvalue weighted by Crippen LogP contribution is 2.38. The summed E-state index contributed by atoms with van der Waals surface area (Å²) in [4.78, 5) is 4.03. The molecule has 0 aliphatic rings. The van der Waals surface area contributed by atoms with E-state index < -0.39 is 0 Å². The molecule has 32 heavy (non-hydrogen) atoms. The highest BCUT2D eigenvalue weighted by molar-refractivity contribution is 7.96. The van der Waals surface area contributed by atoms with Gasteiger partial charge in [0.05, 0.1) is 29.6 Å². The SMILES string of the molecule is CCCCOc1c(Cl)cc(OSN(C)c2ccc(OCCCn3ccnc3)cc2)cc1Cl. The average Bonchev–Trinajstić information content (AvgIpc) is 3.31. The Morgan fingerprint density at radius 1 is 1.00 bits per heavy atom. The third kappa shape index (κ3) is 7.43. The molecule has 0 radical (unpaired) electrons. The van der Waals surface area contributed by atoms with E-state index in [1.807, 2.05) is 52.7 Å². The van der Waals surface area contributed by atoms with Crippen molar-refractivity contribution in [3.8, 4) is 17.2 Å². The third-order valence-electron chi connectivity index (χ3n) is 4.55. The summed E-state index contributed by atoms with van der Waals surface area (Å²) in [6, 6.07) is 11.3. The Labute approximate surface area is 203 Å². The summed E-state index contributed by atoms with van der Waals surface area (Å²) in [5.41, 5.74) is 0.970. The molecule has 0 saturated heterocycles. The van der Waals surface area contributed by atoms with Gasteiger partial charge in [-0.25, -0.2) is 4.98 Å². The summed E-state index contributed by atoms with van der Waals surface area (Å²) in [5, 5.41) is 0.864. The Bertz CT molecular complexity index is 933. The summed E-state index contributed by atoms with van der Waals surface area (Å²) in [7, 11) is 1.91. The van der Waals surface area contributed by atoms with Crippen LogP contribution in [0.3, 0.4) is 0 Å². The Balaban J connectivity index is 1.45. The number of aryl methyl sites for hydroxylation is 1. The van der Waals surface area contributed by atoms with E-state index in [9.17, 15) is 0 Å². The standard InChI is InChI=1S/C23H27Cl2N3O3S/c1-3-4-13-30-23-21(24)15-20(16-22(23)25)31-32-27(2)18-6-8-19(9-7-18)29-14-5-11-28-12-10-26-17-28/h6-10,12,15-17H,3-5,11,13-14H2,1-2H3. The molecule has 0 atom stereocenters. The van der Waals surface area contributed by atoms with Gasteiger partial charge in [0.15, 0.2) is 18.0 Å². The molecule has 2 aromatic carbocycles. The fourth-order valence-corrected chi connectivity index (χ4v) is 3.87. The number of hydrogen-bond acceptors (Lipinski definition) is 6. The lowest BCUT2D eigenvalue weighted by Gasteiger charge is -2.18. The molecule has 3 rings (SSSR count). The van der Waals surface area contributed by atoms with E-state index in [-0.39, 0.29) is 0 Å². The van der Waals surface area contributed by atoms with Crippen molar-refractivity contribution >= 4 is 41.1 Å². The minimum atomic E-state index is 0.432. The van der Waals surface area contributed by atoms with Crippen molar-refractivity contribution in [3.05, 3.63) is 65.2 Å². The zero-order chi connectivity index (χ0) is 22.8. The van der Waals surface area contributed by atoms with Crippen LogP contribution < -0.4 is 18.0 Å². The highest BCUT2D eigenvalue weighted by Gasteiger charge is 2.12. The molecule has 0 N–H and O–H groups in total. The van der Waals surface area contributed by atoms with E-state index in [1.54, 1.807) is 18.3 Å². The first kappa shape index (κ1) is 24.4. The van der Waals surface area contributed by atoms with Gasteiger partial charge in [-0.3, -0.25) is 4.31 Å². The van der Waals surface area contributed by atoms with Gasteiger partial charge < -0.3 is 18.2 Å². The Hall–Kier alpha value is -2.22. The second kappa shape index (κ2) is 12.7. The van der Waals surface area contributed by atoms with Crippen LogP contribution in [0.5, 0.6) is 17.2 Å². The quantitative estimate of drug-likeness (QED) is 0.146. The molecular weight excluding hydrogens is 469 g/mol. The van der Waals surface area contributed by atoms with E-state index in [4.69, 9.17) is 36.9 Å². The van der Waals surface area contributed by atoms with Crippen LogP contribution >= 0.6 is 35.4 Å². The molecule has 0 aliphatic heterocycles. The van der Waals surface area contributed by atoms with Crippen LogP contribution in [0.15, 0.2) is 55.1 Å². The predicted octanol–water partition coefficient (Wildman–Crippen LogP) is 6.92. The molecule has 0 saturated carbocycles. The van der Waals surface area contributed by atoms with Gasteiger partial charge in [0.1, 0.15) is 11.5 Å². The molecule has 0 bridgehead atoms. The maximum atomic E-state index is 6.31. The molecular formula is C23H27Cl2N3O3S. The second-order valence-corrected chi connectivity index (χ2v) is 8.75. The Morgan fingerprint density at radius 3 is 2.38 bits per heavy atom. The molecule has 0 spiro atoms. The van der Waals surface area contributed by atoms with E-state index in [1.165, 1.54) is 12.2 Å². The van der Waals surface area contributed by atoms with Crippen molar-refractivity contribution in [1.82, 2.24) is 9.55 Å². The summed E-state index contributed by atoms with van der Waals surface area (Å²) >= 11 is 13.8. The summed E-state index contributed by atoms with van der Waals surface area (Å²) in [6.07, 6.45) is 8.43. The molecule has 0 unspecified atom stereocenters. The van der Waals surface area contributed by atoms with Gasteiger partial charge in [-0.05, 0) is 37.1 Å². The van der Waals surface area contributed by atoms with E-state index >= 15 is 0 Å². The first-order chi connectivity index (χ1) is 15.6. The molecule has 0 fully saturated rings. The smallest absolute Gasteiger partial charge is 0.179 e. The number of rotatable bonds is 13. The highest BCUT2D eigenvalue weighted by atomic mass is 35.5. The summed E-state index contributed by atoms with van der Waals surface area (Å²) < 4.78 is 21.2. The van der Waals surface area contributed by atoms with E-state index in [0.717, 1.165) is 37.2 Å². The lowest BCUT2D eigenvalue weighted by Crippen LogP contribution is -2.08. The zero-order valence-electron chi connectivity index (χ0n) is 18.2. The first-order valence-corrected chi connectivity index (χ1v) is 11.9. The van der Waals surface area contributed by atoms with Crippen LogP contribution in [0.1, 0.15) is 26.2 Å². The fraction of sp³-hybridized carbons (Fsp3) is 0.348. The number of halogens is 2. The van der Waals surface area contributed by atoms with Crippen LogP contribution in [0.2, 0.25) is 10.0 Å². The molecule has 1 aromatic heterocycles. The van der Waals surface area contributed by atoms with Crippen molar-refractivity contribution < 1.29 is 13.7 Å². The van der Waals surface area contributed by atoms with Crippen molar-refractivity contribution in [1.29, 1.82) is 0 Å². The molecule has 0 aliphatic carbocycles. The first-order valence-electron chi connectivity index (χ1n) is 10.5. The third-order valence-corrected chi connectivity index (χ3v) is 5.81. The van der Waals surface area contributed by atoms with Crippen LogP contribution in [-0.2, 0) is 6.54 Å². The molecule has 9 heteroatoms. The number of ether oxygens (including phenoxy) is 2. The molecule has 0 amide bonds. The maximum absolute atomic E-state index is 6.31. The van der Waals surface area contributed by atoms with Gasteiger partial charge >= 0.3 is 0 Å². The van der Waals surface area contributed by atoms with Crippen LogP contribution in [0, 0.1) is 0 Å². The Morgan fingerprint density at radius 2 is 1.72 bits per heavy atom. The number of unbranched alkanes of at least 4 members (excludes halogenated alkanes) is 1. The minimum Gasteiger partial charge on any atom is -0.494 e. The largest absolute Gasteiger partial charge is 0.494 e. The number of imidazole rings is 1. The van der Waals surface area contributed by atoms with Gasteiger partial charge in [-0.1, -0.05) is 36.5 Å². The molecule has 6 nitrogen and oxygen atoms in total. The van der Waals surface area contributed by atoms with E-state index in [2.05, 4.69) is 11.9 Å². The van der Waals surface area contributed by atoms with Crippen molar-refractivity contribution in [2.75, 3.05) is 24.6 Å².